The van der Waals surface area contributed by atoms with Crippen molar-refractivity contribution in [3.63, 3.8) is 0 Å². The molecule has 0 saturated heterocycles. The van der Waals surface area contributed by atoms with Crippen molar-refractivity contribution >= 4 is 46.3 Å². The molecule has 8 nitrogen and oxygen atoms in total. The molecule has 0 unspecified atom stereocenters. The lowest BCUT2D eigenvalue weighted by Gasteiger charge is -2.08. The van der Waals surface area contributed by atoms with Gasteiger partial charge in [-0.25, -0.2) is 0 Å². The van der Waals surface area contributed by atoms with E-state index in [1.807, 2.05) is 38.1 Å². The highest BCUT2D eigenvalue weighted by molar-refractivity contribution is 5.99. The molecule has 0 radical (unpaired) electrons. The zero-order valence-electron chi connectivity index (χ0n) is 16.9. The number of aromatic amines is 1. The zero-order valence-corrected chi connectivity index (χ0v) is 16.9. The third-order valence-electron chi connectivity index (χ3n) is 4.33. The number of hydrogen-bond acceptors (Lipinski definition) is 6. The van der Waals surface area contributed by atoms with Gasteiger partial charge in [-0.15, -0.1) is 0 Å². The summed E-state index contributed by atoms with van der Waals surface area (Å²) < 4.78 is 0. The normalized spacial score (nSPS) is 11.9. The van der Waals surface area contributed by atoms with Gasteiger partial charge in [-0.2, -0.15) is 0 Å². The lowest BCUT2D eigenvalue weighted by atomic mass is 10.1. The van der Waals surface area contributed by atoms with E-state index in [9.17, 15) is 4.79 Å². The largest absolute Gasteiger partial charge is 0.403 e. The first-order chi connectivity index (χ1) is 14.4. The molecule has 0 aliphatic rings. The van der Waals surface area contributed by atoms with Gasteiger partial charge in [0.25, 0.3) is 5.91 Å². The molecule has 1 heterocycles. The van der Waals surface area contributed by atoms with Crippen molar-refractivity contribution in [1.82, 2.24) is 10.3 Å². The molecule has 0 bridgehead atoms. The highest BCUT2D eigenvalue weighted by Crippen LogP contribution is 2.22. The summed E-state index contributed by atoms with van der Waals surface area (Å²) in [6, 6.07) is 12.8. The van der Waals surface area contributed by atoms with Crippen LogP contribution in [-0.2, 0) is 0 Å². The van der Waals surface area contributed by atoms with E-state index in [2.05, 4.69) is 20.6 Å². The molecule has 2 aromatic carbocycles. The Bertz CT molecular complexity index is 1140. The summed E-state index contributed by atoms with van der Waals surface area (Å²) in [5, 5.41) is 14.3. The number of anilines is 2. The van der Waals surface area contributed by atoms with E-state index in [0.717, 1.165) is 16.6 Å². The summed E-state index contributed by atoms with van der Waals surface area (Å²) >= 11 is 0. The van der Waals surface area contributed by atoms with Crippen molar-refractivity contribution in [1.29, 1.82) is 5.41 Å². The van der Waals surface area contributed by atoms with Crippen LogP contribution in [0.2, 0.25) is 0 Å². The molecule has 8 heteroatoms. The van der Waals surface area contributed by atoms with Gasteiger partial charge in [0.2, 0.25) is 0 Å². The molecule has 0 saturated carbocycles. The summed E-state index contributed by atoms with van der Waals surface area (Å²) in [6.45, 7) is 3.83. The van der Waals surface area contributed by atoms with Crippen LogP contribution in [0.15, 0.2) is 59.4 Å². The van der Waals surface area contributed by atoms with E-state index < -0.39 is 0 Å². The van der Waals surface area contributed by atoms with Crippen molar-refractivity contribution in [2.24, 2.45) is 10.7 Å². The number of nitrogens with two attached hydrogens (primary N) is 2. The number of rotatable bonds is 7. The standard InChI is InChI=1S/C22H25N7O/c1-13(2)27-22(30)21-8-14-3-4-16(9-20(14)29-21)26-12-18(11-24)28-17-5-6-19(25)15(7-17)10-23/h3-13,23,28-29H,24-25H2,1-2H3,(H,27,30). The molecule has 0 aliphatic carbocycles. The van der Waals surface area contributed by atoms with Crippen LogP contribution < -0.4 is 22.1 Å². The lowest BCUT2D eigenvalue weighted by molar-refractivity contribution is 0.0939. The fourth-order valence-electron chi connectivity index (χ4n) is 2.86. The van der Waals surface area contributed by atoms with Crippen LogP contribution in [0.3, 0.4) is 0 Å². The number of carbonyl (C=O) groups excluding carboxylic acids is 1. The molecule has 154 valence electrons. The van der Waals surface area contributed by atoms with E-state index in [-0.39, 0.29) is 11.9 Å². The predicted octanol–water partition coefficient (Wildman–Crippen LogP) is 3.50. The number of nitrogen functional groups attached to an aromatic ring is 1. The molecule has 1 amide bonds. The molecular weight excluding hydrogens is 378 g/mol. The van der Waals surface area contributed by atoms with E-state index >= 15 is 0 Å². The topological polar surface area (TPSA) is 145 Å². The van der Waals surface area contributed by atoms with Crippen molar-refractivity contribution in [3.05, 3.63) is 65.6 Å². The number of aromatic nitrogens is 1. The monoisotopic (exact) mass is 403 g/mol. The summed E-state index contributed by atoms with van der Waals surface area (Å²) in [5.41, 5.74) is 16.0. The summed E-state index contributed by atoms with van der Waals surface area (Å²) in [5.74, 6) is -0.142. The van der Waals surface area contributed by atoms with E-state index in [1.54, 1.807) is 24.4 Å². The maximum Gasteiger partial charge on any atom is 0.267 e. The minimum atomic E-state index is -0.142. The minimum Gasteiger partial charge on any atom is -0.403 e. The molecule has 30 heavy (non-hydrogen) atoms. The Morgan fingerprint density at radius 3 is 2.70 bits per heavy atom. The predicted molar refractivity (Wildman–Crippen MR) is 124 cm³/mol. The average molecular weight is 403 g/mol. The van der Waals surface area contributed by atoms with Crippen molar-refractivity contribution in [3.8, 4) is 0 Å². The first-order valence-electron chi connectivity index (χ1n) is 9.46. The number of benzene rings is 2. The van der Waals surface area contributed by atoms with Crippen LogP contribution in [0.25, 0.3) is 10.9 Å². The van der Waals surface area contributed by atoms with E-state index in [1.165, 1.54) is 12.4 Å². The van der Waals surface area contributed by atoms with Gasteiger partial charge in [0, 0.05) is 46.3 Å². The minimum absolute atomic E-state index is 0.0641. The third kappa shape index (κ3) is 4.85. The van der Waals surface area contributed by atoms with E-state index in [0.29, 0.717) is 28.3 Å². The van der Waals surface area contributed by atoms with Gasteiger partial charge < -0.3 is 32.5 Å². The molecule has 0 fully saturated rings. The molecule has 3 aromatic rings. The molecule has 0 spiro atoms. The Hall–Kier alpha value is -4.07. The molecule has 1 aromatic heterocycles. The van der Waals surface area contributed by atoms with Gasteiger partial charge in [0.1, 0.15) is 5.69 Å². The van der Waals surface area contributed by atoms with Gasteiger partial charge in [-0.1, -0.05) is 6.07 Å². The zero-order chi connectivity index (χ0) is 21.7. The van der Waals surface area contributed by atoms with Crippen LogP contribution >= 0.6 is 0 Å². The van der Waals surface area contributed by atoms with Crippen molar-refractivity contribution in [2.45, 2.75) is 19.9 Å². The second kappa shape index (κ2) is 8.95. The summed E-state index contributed by atoms with van der Waals surface area (Å²) in [6.07, 6.45) is 4.21. The Balaban J connectivity index is 1.76. The van der Waals surface area contributed by atoms with Gasteiger partial charge >= 0.3 is 0 Å². The third-order valence-corrected chi connectivity index (χ3v) is 4.33. The smallest absolute Gasteiger partial charge is 0.267 e. The molecule has 3 rings (SSSR count). The number of nitrogens with one attached hydrogen (secondary N) is 4. The van der Waals surface area contributed by atoms with Crippen LogP contribution in [-0.4, -0.2) is 29.4 Å². The van der Waals surface area contributed by atoms with Gasteiger partial charge in [-0.05, 0) is 50.2 Å². The van der Waals surface area contributed by atoms with Gasteiger partial charge in [0.15, 0.2) is 0 Å². The second-order valence-corrected chi connectivity index (χ2v) is 7.08. The number of carbonyl (C=O) groups is 1. The number of hydrogen-bond donors (Lipinski definition) is 6. The number of amides is 1. The Morgan fingerprint density at radius 2 is 2.00 bits per heavy atom. The fourth-order valence-corrected chi connectivity index (χ4v) is 2.86. The first-order valence-corrected chi connectivity index (χ1v) is 9.46. The van der Waals surface area contributed by atoms with Crippen molar-refractivity contribution in [2.75, 3.05) is 11.1 Å². The maximum atomic E-state index is 12.2. The Morgan fingerprint density at radius 1 is 1.20 bits per heavy atom. The number of H-pyrrole nitrogens is 1. The second-order valence-electron chi connectivity index (χ2n) is 7.08. The van der Waals surface area contributed by atoms with Gasteiger partial charge in [-0.3, -0.25) is 9.79 Å². The lowest BCUT2D eigenvalue weighted by Crippen LogP contribution is -2.30. The molecule has 0 aliphatic heterocycles. The van der Waals surface area contributed by atoms with Crippen LogP contribution in [0.5, 0.6) is 0 Å². The molecule has 8 N–H and O–H groups in total. The molecule has 0 atom stereocenters. The number of aliphatic imine (C=N–C) groups is 1. The molecular formula is C22H25N7O. The first kappa shape index (κ1) is 20.7. The number of nitrogens with zero attached hydrogens (tertiary/aromatic N) is 1. The maximum absolute atomic E-state index is 12.2. The Kier molecular flexibility index (Phi) is 6.17. The summed E-state index contributed by atoms with van der Waals surface area (Å²) in [4.78, 5) is 19.8. The number of allylic oxidation sites excluding steroid dienone is 1. The Labute approximate surface area is 174 Å². The SMILES string of the molecule is CC(C)NC(=O)c1cc2ccc(N=CC(=CN)Nc3ccc(N)c(C=N)c3)cc2[nH]1. The van der Waals surface area contributed by atoms with Crippen LogP contribution in [0.4, 0.5) is 17.1 Å². The van der Waals surface area contributed by atoms with Gasteiger partial charge in [0.05, 0.1) is 17.6 Å². The van der Waals surface area contributed by atoms with Crippen LogP contribution in [0, 0.1) is 5.41 Å². The fraction of sp³-hybridized carbons (Fsp3) is 0.136. The van der Waals surface area contributed by atoms with Crippen molar-refractivity contribution < 1.29 is 4.79 Å². The average Bonchev–Trinajstić information content (AvgIpc) is 3.15. The summed E-state index contributed by atoms with van der Waals surface area (Å²) in [7, 11) is 0. The highest BCUT2D eigenvalue weighted by Gasteiger charge is 2.10. The van der Waals surface area contributed by atoms with E-state index in [4.69, 9.17) is 16.9 Å². The van der Waals surface area contributed by atoms with Crippen LogP contribution in [0.1, 0.15) is 29.9 Å². The highest BCUT2D eigenvalue weighted by atomic mass is 16.1. The quantitative estimate of drug-likeness (QED) is 0.265. The number of fused-ring (bicyclic) bond motifs is 1.